The maximum atomic E-state index is 12.2. The number of hydrogen-bond donors (Lipinski definition) is 1. The van der Waals surface area contributed by atoms with Crippen molar-refractivity contribution in [2.75, 3.05) is 32.6 Å². The second-order valence-electron chi connectivity index (χ2n) is 5.66. The number of amides is 1. The first-order valence-electron chi connectivity index (χ1n) is 8.06. The summed E-state index contributed by atoms with van der Waals surface area (Å²) in [7, 11) is 3.49. The quantitative estimate of drug-likeness (QED) is 0.712. The van der Waals surface area contributed by atoms with Crippen LogP contribution in [-0.4, -0.2) is 38.1 Å². The van der Waals surface area contributed by atoms with E-state index in [1.165, 1.54) is 0 Å². The third kappa shape index (κ3) is 5.97. The van der Waals surface area contributed by atoms with Crippen molar-refractivity contribution in [3.8, 4) is 11.5 Å². The van der Waals surface area contributed by atoms with Gasteiger partial charge in [0, 0.05) is 6.54 Å². The summed E-state index contributed by atoms with van der Waals surface area (Å²) in [6.45, 7) is 5.06. The van der Waals surface area contributed by atoms with E-state index < -0.39 is 0 Å². The molecule has 0 heterocycles. The molecule has 0 saturated carbocycles. The van der Waals surface area contributed by atoms with Crippen molar-refractivity contribution < 1.29 is 14.3 Å². The summed E-state index contributed by atoms with van der Waals surface area (Å²) in [5.74, 6) is 1.37. The highest BCUT2D eigenvalue weighted by atomic mass is 16.5. The summed E-state index contributed by atoms with van der Waals surface area (Å²) in [4.78, 5) is 14.2. The molecule has 0 saturated heterocycles. The highest BCUT2D eigenvalue weighted by Gasteiger charge is 2.10. The molecule has 0 aliphatic carbocycles. The predicted octanol–water partition coefficient (Wildman–Crippen LogP) is 3.33. The SMILES string of the molecule is C=CCOc1ccc(CN(C)CC(=O)Nc2ccccc2OC)cc1. The topological polar surface area (TPSA) is 50.8 Å². The summed E-state index contributed by atoms with van der Waals surface area (Å²) in [6.07, 6.45) is 1.71. The molecule has 0 radical (unpaired) electrons. The molecule has 0 aliphatic rings. The van der Waals surface area contributed by atoms with Crippen molar-refractivity contribution in [1.29, 1.82) is 0 Å². The summed E-state index contributed by atoms with van der Waals surface area (Å²) in [6, 6.07) is 15.2. The molecule has 0 bridgehead atoms. The van der Waals surface area contributed by atoms with Crippen LogP contribution in [-0.2, 0) is 11.3 Å². The molecule has 2 aromatic carbocycles. The van der Waals surface area contributed by atoms with Gasteiger partial charge < -0.3 is 14.8 Å². The highest BCUT2D eigenvalue weighted by molar-refractivity contribution is 5.93. The number of para-hydroxylation sites is 2. The van der Waals surface area contributed by atoms with E-state index in [0.717, 1.165) is 11.3 Å². The van der Waals surface area contributed by atoms with Crippen LogP contribution in [0.5, 0.6) is 11.5 Å². The predicted molar refractivity (Wildman–Crippen MR) is 100 cm³/mol. The molecule has 1 N–H and O–H groups in total. The van der Waals surface area contributed by atoms with E-state index in [4.69, 9.17) is 9.47 Å². The number of methoxy groups -OCH3 is 1. The fourth-order valence-corrected chi connectivity index (χ4v) is 2.40. The van der Waals surface area contributed by atoms with Gasteiger partial charge in [0.15, 0.2) is 0 Å². The molecule has 0 unspecified atom stereocenters. The molecule has 25 heavy (non-hydrogen) atoms. The fourth-order valence-electron chi connectivity index (χ4n) is 2.40. The molecule has 0 spiro atoms. The third-order valence-corrected chi connectivity index (χ3v) is 3.54. The molecule has 5 nitrogen and oxygen atoms in total. The Hall–Kier alpha value is -2.79. The Bertz CT molecular complexity index is 698. The highest BCUT2D eigenvalue weighted by Crippen LogP contribution is 2.22. The first kappa shape index (κ1) is 18.5. The number of nitrogens with one attached hydrogen (secondary N) is 1. The Morgan fingerprint density at radius 1 is 1.20 bits per heavy atom. The number of anilines is 1. The van der Waals surface area contributed by atoms with Gasteiger partial charge in [-0.15, -0.1) is 0 Å². The maximum Gasteiger partial charge on any atom is 0.238 e. The number of carbonyl (C=O) groups excluding carboxylic acids is 1. The number of hydrogen-bond acceptors (Lipinski definition) is 4. The lowest BCUT2D eigenvalue weighted by molar-refractivity contribution is -0.117. The lowest BCUT2D eigenvalue weighted by Gasteiger charge is -2.17. The van der Waals surface area contributed by atoms with Gasteiger partial charge in [0.1, 0.15) is 18.1 Å². The van der Waals surface area contributed by atoms with Crippen LogP contribution in [0.3, 0.4) is 0 Å². The zero-order valence-corrected chi connectivity index (χ0v) is 14.7. The Kier molecular flexibility index (Phi) is 7.04. The fraction of sp³-hybridized carbons (Fsp3) is 0.250. The molecule has 0 fully saturated rings. The van der Waals surface area contributed by atoms with Crippen molar-refractivity contribution in [2.45, 2.75) is 6.54 Å². The molecule has 0 aromatic heterocycles. The first-order valence-corrected chi connectivity index (χ1v) is 8.06. The number of likely N-dealkylation sites (N-methyl/N-ethyl adjacent to an activating group) is 1. The number of benzene rings is 2. The van der Waals surface area contributed by atoms with Crippen molar-refractivity contribution in [3.63, 3.8) is 0 Å². The number of carbonyl (C=O) groups is 1. The lowest BCUT2D eigenvalue weighted by atomic mass is 10.2. The van der Waals surface area contributed by atoms with E-state index >= 15 is 0 Å². The van der Waals surface area contributed by atoms with Crippen LogP contribution in [0.1, 0.15) is 5.56 Å². The summed E-state index contributed by atoms with van der Waals surface area (Å²) in [5, 5.41) is 2.88. The van der Waals surface area contributed by atoms with E-state index in [0.29, 0.717) is 24.6 Å². The van der Waals surface area contributed by atoms with E-state index in [1.807, 2.05) is 60.5 Å². The molecule has 0 aliphatic heterocycles. The molecule has 1 amide bonds. The second kappa shape index (κ2) is 9.49. The molecule has 132 valence electrons. The molecule has 0 atom stereocenters. The van der Waals surface area contributed by atoms with Crippen LogP contribution >= 0.6 is 0 Å². The zero-order valence-electron chi connectivity index (χ0n) is 14.7. The van der Waals surface area contributed by atoms with Gasteiger partial charge in [-0.3, -0.25) is 9.69 Å². The third-order valence-electron chi connectivity index (χ3n) is 3.54. The van der Waals surface area contributed by atoms with Crippen LogP contribution in [0, 0.1) is 0 Å². The smallest absolute Gasteiger partial charge is 0.238 e. The van der Waals surface area contributed by atoms with Crippen molar-refractivity contribution in [3.05, 3.63) is 66.7 Å². The van der Waals surface area contributed by atoms with E-state index in [9.17, 15) is 4.79 Å². The minimum atomic E-state index is -0.0852. The lowest BCUT2D eigenvalue weighted by Crippen LogP contribution is -2.29. The largest absolute Gasteiger partial charge is 0.495 e. The average molecular weight is 340 g/mol. The zero-order chi connectivity index (χ0) is 18.1. The van der Waals surface area contributed by atoms with Gasteiger partial charge in [0.2, 0.25) is 5.91 Å². The Labute approximate surface area is 148 Å². The van der Waals surface area contributed by atoms with Crippen LogP contribution in [0.25, 0.3) is 0 Å². The van der Waals surface area contributed by atoms with E-state index in [2.05, 4.69) is 11.9 Å². The monoisotopic (exact) mass is 340 g/mol. The first-order chi connectivity index (χ1) is 12.1. The van der Waals surface area contributed by atoms with Gasteiger partial charge in [-0.05, 0) is 36.9 Å². The van der Waals surface area contributed by atoms with Gasteiger partial charge in [-0.2, -0.15) is 0 Å². The number of nitrogens with zero attached hydrogens (tertiary/aromatic N) is 1. The Morgan fingerprint density at radius 2 is 1.92 bits per heavy atom. The van der Waals surface area contributed by atoms with Gasteiger partial charge in [0.05, 0.1) is 19.3 Å². The number of rotatable bonds is 9. The Morgan fingerprint density at radius 3 is 2.60 bits per heavy atom. The van der Waals surface area contributed by atoms with E-state index in [-0.39, 0.29) is 12.5 Å². The van der Waals surface area contributed by atoms with Crippen LogP contribution in [0.4, 0.5) is 5.69 Å². The van der Waals surface area contributed by atoms with Gasteiger partial charge in [-0.25, -0.2) is 0 Å². The van der Waals surface area contributed by atoms with E-state index in [1.54, 1.807) is 13.2 Å². The normalized spacial score (nSPS) is 10.4. The molecule has 2 aromatic rings. The maximum absolute atomic E-state index is 12.2. The van der Waals surface area contributed by atoms with Crippen molar-refractivity contribution in [1.82, 2.24) is 4.90 Å². The van der Waals surface area contributed by atoms with Crippen LogP contribution in [0.15, 0.2) is 61.2 Å². The standard InChI is InChI=1S/C20H24N2O3/c1-4-13-25-17-11-9-16(10-12-17)14-22(2)15-20(23)21-18-7-5-6-8-19(18)24-3/h4-12H,1,13-15H2,2-3H3,(H,21,23). The molecular weight excluding hydrogens is 316 g/mol. The van der Waals surface area contributed by atoms with Crippen molar-refractivity contribution in [2.24, 2.45) is 0 Å². The van der Waals surface area contributed by atoms with Crippen molar-refractivity contribution >= 4 is 11.6 Å². The average Bonchev–Trinajstić information content (AvgIpc) is 2.61. The molecule has 2 rings (SSSR count). The summed E-state index contributed by atoms with van der Waals surface area (Å²) in [5.41, 5.74) is 1.78. The van der Waals surface area contributed by atoms with Gasteiger partial charge >= 0.3 is 0 Å². The second-order valence-corrected chi connectivity index (χ2v) is 5.66. The van der Waals surface area contributed by atoms with Gasteiger partial charge in [0.25, 0.3) is 0 Å². The minimum absolute atomic E-state index is 0.0852. The Balaban J connectivity index is 1.85. The van der Waals surface area contributed by atoms with Gasteiger partial charge in [-0.1, -0.05) is 36.9 Å². The summed E-state index contributed by atoms with van der Waals surface area (Å²) >= 11 is 0. The number of ether oxygens (including phenoxy) is 2. The minimum Gasteiger partial charge on any atom is -0.495 e. The van der Waals surface area contributed by atoms with Crippen LogP contribution < -0.4 is 14.8 Å². The summed E-state index contributed by atoms with van der Waals surface area (Å²) < 4.78 is 10.7. The molecule has 5 heteroatoms. The van der Waals surface area contributed by atoms with Crippen LogP contribution in [0.2, 0.25) is 0 Å². The molecular formula is C20H24N2O3.